The largest absolute Gasteiger partial charge is 0.493 e. The topological polar surface area (TPSA) is 74.2 Å². The minimum Gasteiger partial charge on any atom is -0.493 e. The average Bonchev–Trinajstić information content (AvgIpc) is 3.31. The Labute approximate surface area is 171 Å². The number of benzene rings is 1. The Bertz CT molecular complexity index is 844. The maximum atomic E-state index is 12.4. The van der Waals surface area contributed by atoms with Crippen LogP contribution in [0.3, 0.4) is 0 Å². The predicted octanol–water partition coefficient (Wildman–Crippen LogP) is 2.44. The Morgan fingerprint density at radius 3 is 2.97 bits per heavy atom. The van der Waals surface area contributed by atoms with Crippen LogP contribution >= 0.6 is 0 Å². The number of nitrogens with one attached hydrogen (secondary N) is 1. The first-order valence-corrected chi connectivity index (χ1v) is 10.3. The summed E-state index contributed by atoms with van der Waals surface area (Å²) < 4.78 is 5.55. The lowest BCUT2D eigenvalue weighted by Gasteiger charge is -2.38. The van der Waals surface area contributed by atoms with Crippen LogP contribution in [0.15, 0.2) is 35.5 Å². The van der Waals surface area contributed by atoms with Gasteiger partial charge in [-0.2, -0.15) is 5.10 Å². The summed E-state index contributed by atoms with van der Waals surface area (Å²) in [5.41, 5.74) is 2.33. The zero-order valence-electron chi connectivity index (χ0n) is 16.9. The number of allylic oxidation sites excluding steroid dienone is 1. The first-order chi connectivity index (χ1) is 14.1. The number of amidine groups is 1. The van der Waals surface area contributed by atoms with Crippen LogP contribution in [0.1, 0.15) is 31.2 Å². The Hall–Kier alpha value is -2.83. The number of hydrogen-bond acceptors (Lipinski definition) is 5. The molecule has 1 aromatic rings. The van der Waals surface area contributed by atoms with Crippen LogP contribution in [0.25, 0.3) is 0 Å². The van der Waals surface area contributed by atoms with Gasteiger partial charge in [0.2, 0.25) is 5.91 Å². The van der Waals surface area contributed by atoms with Crippen molar-refractivity contribution in [3.05, 3.63) is 35.9 Å². The minimum absolute atomic E-state index is 0.120. The number of carbonyl (C=O) groups excluding carboxylic acids is 2. The zero-order valence-corrected chi connectivity index (χ0v) is 16.9. The van der Waals surface area contributed by atoms with Gasteiger partial charge in [-0.05, 0) is 48.5 Å². The molecule has 1 aromatic carbocycles. The molecule has 0 bridgehead atoms. The maximum Gasteiger partial charge on any atom is 0.245 e. The van der Waals surface area contributed by atoms with Gasteiger partial charge in [-0.25, -0.2) is 0 Å². The van der Waals surface area contributed by atoms with Gasteiger partial charge < -0.3 is 15.0 Å². The van der Waals surface area contributed by atoms with Crippen molar-refractivity contribution >= 4 is 23.7 Å². The molecule has 0 aromatic heterocycles. The van der Waals surface area contributed by atoms with E-state index in [-0.39, 0.29) is 12.5 Å². The molecule has 7 heteroatoms. The highest BCUT2D eigenvalue weighted by Crippen LogP contribution is 2.48. The van der Waals surface area contributed by atoms with Crippen LogP contribution in [0.2, 0.25) is 0 Å². The van der Waals surface area contributed by atoms with Crippen molar-refractivity contribution in [3.8, 4) is 5.75 Å². The van der Waals surface area contributed by atoms with E-state index < -0.39 is 0 Å². The van der Waals surface area contributed by atoms with E-state index in [2.05, 4.69) is 15.3 Å². The maximum absolute atomic E-state index is 12.4. The number of likely N-dealkylation sites (N-methyl/N-ethyl adjacent to an activating group) is 1. The van der Waals surface area contributed by atoms with Crippen LogP contribution in [0, 0.1) is 5.41 Å². The molecule has 1 N–H and O–H groups in total. The zero-order chi connectivity index (χ0) is 20.3. The molecular formula is C22H28N4O3. The molecule has 0 radical (unpaired) electrons. The number of hydrogen-bond donors (Lipinski definition) is 1. The number of fused-ring (bicyclic) bond motifs is 1. The van der Waals surface area contributed by atoms with E-state index in [9.17, 15) is 9.59 Å². The van der Waals surface area contributed by atoms with Gasteiger partial charge in [0, 0.05) is 38.3 Å². The number of rotatable bonds is 6. The summed E-state index contributed by atoms with van der Waals surface area (Å²) in [4.78, 5) is 25.5. The van der Waals surface area contributed by atoms with E-state index in [0.29, 0.717) is 12.0 Å². The van der Waals surface area contributed by atoms with Crippen molar-refractivity contribution in [2.45, 2.75) is 32.1 Å². The van der Waals surface area contributed by atoms with Gasteiger partial charge in [0.1, 0.15) is 24.4 Å². The average molecular weight is 396 g/mol. The molecule has 2 heterocycles. The number of carbonyl (C=O) groups is 2. The fourth-order valence-electron chi connectivity index (χ4n) is 4.41. The number of anilines is 1. The van der Waals surface area contributed by atoms with E-state index in [1.807, 2.05) is 18.2 Å². The lowest BCUT2D eigenvalue weighted by molar-refractivity contribution is -0.117. The highest BCUT2D eigenvalue weighted by atomic mass is 16.5. The predicted molar refractivity (Wildman–Crippen MR) is 112 cm³/mol. The molecule has 7 nitrogen and oxygen atoms in total. The Kier molecular flexibility index (Phi) is 5.56. The van der Waals surface area contributed by atoms with Crippen LogP contribution in [-0.4, -0.2) is 61.2 Å². The number of amides is 1. The van der Waals surface area contributed by atoms with Gasteiger partial charge in [0.25, 0.3) is 0 Å². The van der Waals surface area contributed by atoms with Crippen molar-refractivity contribution in [1.29, 1.82) is 0 Å². The molecular weight excluding hydrogens is 368 g/mol. The molecule has 1 saturated heterocycles. The normalized spacial score (nSPS) is 19.8. The van der Waals surface area contributed by atoms with Gasteiger partial charge in [-0.1, -0.05) is 12.5 Å². The lowest BCUT2D eigenvalue weighted by Crippen LogP contribution is -2.36. The third-order valence-corrected chi connectivity index (χ3v) is 6.13. The molecule has 29 heavy (non-hydrogen) atoms. The highest BCUT2D eigenvalue weighted by Gasteiger charge is 2.43. The van der Waals surface area contributed by atoms with E-state index in [1.165, 1.54) is 37.3 Å². The molecule has 1 amide bonds. The summed E-state index contributed by atoms with van der Waals surface area (Å²) >= 11 is 0. The van der Waals surface area contributed by atoms with Crippen LogP contribution in [0.5, 0.6) is 5.75 Å². The lowest BCUT2D eigenvalue weighted by atomic mass is 9.68. The highest BCUT2D eigenvalue weighted by molar-refractivity contribution is 5.96. The molecule has 2 aliphatic heterocycles. The Morgan fingerprint density at radius 1 is 1.38 bits per heavy atom. The van der Waals surface area contributed by atoms with E-state index >= 15 is 0 Å². The van der Waals surface area contributed by atoms with Crippen molar-refractivity contribution < 1.29 is 14.3 Å². The third kappa shape index (κ3) is 4.44. The molecule has 0 atom stereocenters. The van der Waals surface area contributed by atoms with Gasteiger partial charge in [-0.15, -0.1) is 0 Å². The van der Waals surface area contributed by atoms with Crippen molar-refractivity contribution in [2.24, 2.45) is 10.5 Å². The summed E-state index contributed by atoms with van der Waals surface area (Å²) in [5, 5.41) is 9.13. The first-order valence-electron chi connectivity index (χ1n) is 10.3. The Balaban J connectivity index is 1.37. The second kappa shape index (κ2) is 8.27. The number of aldehydes is 1. The second-order valence-corrected chi connectivity index (χ2v) is 8.26. The third-order valence-electron chi connectivity index (χ3n) is 6.13. The molecule has 1 aliphatic carbocycles. The van der Waals surface area contributed by atoms with Crippen LogP contribution in [0.4, 0.5) is 5.69 Å². The quantitative estimate of drug-likeness (QED) is 0.263. The monoisotopic (exact) mass is 396 g/mol. The van der Waals surface area contributed by atoms with Gasteiger partial charge in [0.05, 0.1) is 6.61 Å². The number of ether oxygens (including phenoxy) is 1. The van der Waals surface area contributed by atoms with Gasteiger partial charge in [-0.3, -0.25) is 14.6 Å². The standard InChI is InChI=1S/C22H28N4O3/c1-25(15-21(28)23-18-6-5-17-7-13-29-19(17)14-18)24-20(4-2-12-27)26-11-10-22(16-26)8-3-9-22/h2,4-6,12,14H,3,7-11,13,15-16H2,1H3,(H,23,28)/b4-2-,24-20+. The van der Waals surface area contributed by atoms with E-state index in [1.54, 1.807) is 18.1 Å². The number of likely N-dealkylation sites (tertiary alicyclic amines) is 1. The molecule has 1 spiro atoms. The van der Waals surface area contributed by atoms with E-state index in [4.69, 9.17) is 4.74 Å². The SMILES string of the molecule is CN(CC(=O)Nc1ccc2c(c1)OCC2)/N=C(\C=C/C=O)N1CCC2(CCC2)C1. The summed E-state index contributed by atoms with van der Waals surface area (Å²) in [6.45, 7) is 2.73. The molecule has 1 saturated carbocycles. The molecule has 3 aliphatic rings. The Morgan fingerprint density at radius 2 is 2.24 bits per heavy atom. The van der Waals surface area contributed by atoms with Crippen molar-refractivity contribution in [3.63, 3.8) is 0 Å². The van der Waals surface area contributed by atoms with Gasteiger partial charge in [0.15, 0.2) is 0 Å². The number of hydrazone groups is 1. The summed E-state index contributed by atoms with van der Waals surface area (Å²) in [5.74, 6) is 1.43. The summed E-state index contributed by atoms with van der Waals surface area (Å²) in [6.07, 6.45) is 9.89. The molecule has 2 fully saturated rings. The van der Waals surface area contributed by atoms with Gasteiger partial charge >= 0.3 is 0 Å². The number of nitrogens with zero attached hydrogens (tertiary/aromatic N) is 3. The van der Waals surface area contributed by atoms with Crippen LogP contribution < -0.4 is 10.1 Å². The molecule has 0 unspecified atom stereocenters. The molecule has 4 rings (SSSR count). The summed E-state index contributed by atoms with van der Waals surface area (Å²) in [7, 11) is 1.77. The fraction of sp³-hybridized carbons (Fsp3) is 0.500. The summed E-state index contributed by atoms with van der Waals surface area (Å²) in [6, 6.07) is 5.76. The molecule has 154 valence electrons. The first kappa shape index (κ1) is 19.5. The minimum atomic E-state index is -0.148. The fourth-order valence-corrected chi connectivity index (χ4v) is 4.41. The van der Waals surface area contributed by atoms with Crippen LogP contribution in [-0.2, 0) is 16.0 Å². The van der Waals surface area contributed by atoms with E-state index in [0.717, 1.165) is 43.1 Å². The smallest absolute Gasteiger partial charge is 0.245 e. The van der Waals surface area contributed by atoms with Crippen molar-refractivity contribution in [2.75, 3.05) is 38.6 Å². The second-order valence-electron chi connectivity index (χ2n) is 8.26. The van der Waals surface area contributed by atoms with Crippen molar-refractivity contribution in [1.82, 2.24) is 9.91 Å².